The van der Waals surface area contributed by atoms with Crippen LogP contribution in [0.25, 0.3) is 0 Å². The summed E-state index contributed by atoms with van der Waals surface area (Å²) in [6.07, 6.45) is 3.10. The van der Waals surface area contributed by atoms with Crippen LogP contribution in [0.4, 0.5) is 0 Å². The Morgan fingerprint density at radius 1 is 1.32 bits per heavy atom. The molecule has 0 spiro atoms. The molecule has 3 nitrogen and oxygen atoms in total. The molecule has 3 rings (SSSR count). The van der Waals surface area contributed by atoms with E-state index >= 15 is 0 Å². The number of hydrogen-bond acceptors (Lipinski definition) is 2. The summed E-state index contributed by atoms with van der Waals surface area (Å²) in [5.74, 6) is 0.607. The number of amides is 1. The Kier molecular flexibility index (Phi) is 4.96. The van der Waals surface area contributed by atoms with Gasteiger partial charge in [0.15, 0.2) is 0 Å². The van der Waals surface area contributed by atoms with Crippen molar-refractivity contribution in [3.8, 4) is 0 Å². The molecule has 2 aliphatic rings. The third-order valence-corrected chi connectivity index (χ3v) is 5.19. The van der Waals surface area contributed by atoms with Crippen molar-refractivity contribution in [3.63, 3.8) is 0 Å². The second kappa shape index (κ2) is 6.77. The number of carbonyl (C=O) groups excluding carboxylic acids is 1. The molecule has 0 bridgehead atoms. The quantitative estimate of drug-likeness (QED) is 0.824. The van der Waals surface area contributed by atoms with Crippen molar-refractivity contribution in [2.45, 2.75) is 38.2 Å². The third-order valence-electron chi connectivity index (χ3n) is 4.63. The van der Waals surface area contributed by atoms with Gasteiger partial charge in [0.25, 0.3) is 0 Å². The number of ether oxygens (including phenoxy) is 1. The second-order valence-corrected chi connectivity index (χ2v) is 6.94. The summed E-state index contributed by atoms with van der Waals surface area (Å²) < 4.78 is 5.64. The van der Waals surface area contributed by atoms with E-state index in [1.165, 1.54) is 0 Å². The standard InChI is InChI=1S/C17H21Cl2NO2/c1-2-22-12-5-7-20(8-6-12)17(21)15-10-14(15)13-4-3-11(18)9-16(13)19/h3-4,9,12,14-15H,2,5-8,10H2,1H3/t14-,15-/m1/s1. The van der Waals surface area contributed by atoms with E-state index < -0.39 is 0 Å². The van der Waals surface area contributed by atoms with Crippen molar-refractivity contribution < 1.29 is 9.53 Å². The van der Waals surface area contributed by atoms with Gasteiger partial charge in [0.1, 0.15) is 0 Å². The summed E-state index contributed by atoms with van der Waals surface area (Å²) in [7, 11) is 0. The molecule has 1 heterocycles. The van der Waals surface area contributed by atoms with Gasteiger partial charge in [-0.15, -0.1) is 0 Å². The molecule has 5 heteroatoms. The maximum absolute atomic E-state index is 12.6. The Labute approximate surface area is 141 Å². The number of nitrogens with zero attached hydrogens (tertiary/aromatic N) is 1. The Bertz CT molecular complexity index is 556. The van der Waals surface area contributed by atoms with Crippen molar-refractivity contribution in [2.75, 3.05) is 19.7 Å². The Morgan fingerprint density at radius 2 is 2.05 bits per heavy atom. The molecule has 1 amide bonds. The highest BCUT2D eigenvalue weighted by Gasteiger charge is 2.46. The average Bonchev–Trinajstić information content (AvgIpc) is 3.28. The minimum atomic E-state index is 0.0855. The van der Waals surface area contributed by atoms with Gasteiger partial charge in [0, 0.05) is 35.7 Å². The zero-order chi connectivity index (χ0) is 15.7. The summed E-state index contributed by atoms with van der Waals surface area (Å²) in [5, 5.41) is 1.30. The predicted octanol–water partition coefficient (Wildman–Crippen LogP) is 4.12. The maximum atomic E-state index is 12.6. The molecule has 1 saturated carbocycles. The van der Waals surface area contributed by atoms with Gasteiger partial charge in [-0.05, 0) is 49.8 Å². The van der Waals surface area contributed by atoms with Gasteiger partial charge in [-0.1, -0.05) is 29.3 Å². The molecule has 0 aromatic heterocycles. The van der Waals surface area contributed by atoms with Crippen LogP contribution < -0.4 is 0 Å². The van der Waals surface area contributed by atoms with E-state index in [1.807, 2.05) is 24.0 Å². The first kappa shape index (κ1) is 16.1. The fourth-order valence-electron chi connectivity index (χ4n) is 3.33. The van der Waals surface area contributed by atoms with Gasteiger partial charge < -0.3 is 9.64 Å². The first-order chi connectivity index (χ1) is 10.6. The topological polar surface area (TPSA) is 29.5 Å². The summed E-state index contributed by atoms with van der Waals surface area (Å²) in [6.45, 7) is 4.38. The van der Waals surface area contributed by atoms with Crippen LogP contribution in [-0.4, -0.2) is 36.6 Å². The number of piperidine rings is 1. The normalized spacial score (nSPS) is 25.3. The zero-order valence-electron chi connectivity index (χ0n) is 12.7. The van der Waals surface area contributed by atoms with Crippen LogP contribution in [0, 0.1) is 5.92 Å². The molecule has 0 N–H and O–H groups in total. The van der Waals surface area contributed by atoms with Crippen molar-refractivity contribution >= 4 is 29.1 Å². The minimum absolute atomic E-state index is 0.0855. The average molecular weight is 342 g/mol. The smallest absolute Gasteiger partial charge is 0.226 e. The van der Waals surface area contributed by atoms with Gasteiger partial charge in [0.2, 0.25) is 5.91 Å². The van der Waals surface area contributed by atoms with Crippen LogP contribution in [-0.2, 0) is 9.53 Å². The molecule has 0 radical (unpaired) electrons. The van der Waals surface area contributed by atoms with E-state index in [1.54, 1.807) is 6.07 Å². The molecule has 0 unspecified atom stereocenters. The number of rotatable bonds is 4. The van der Waals surface area contributed by atoms with E-state index in [-0.39, 0.29) is 17.7 Å². The fourth-order valence-corrected chi connectivity index (χ4v) is 3.88. The molecular formula is C17H21Cl2NO2. The van der Waals surface area contributed by atoms with Crippen molar-refractivity contribution in [2.24, 2.45) is 5.92 Å². The van der Waals surface area contributed by atoms with E-state index in [2.05, 4.69) is 0 Å². The van der Waals surface area contributed by atoms with Crippen LogP contribution in [0.15, 0.2) is 18.2 Å². The molecule has 120 valence electrons. The number of carbonyl (C=O) groups is 1. The monoisotopic (exact) mass is 341 g/mol. The molecule has 2 atom stereocenters. The van der Waals surface area contributed by atoms with E-state index in [9.17, 15) is 4.79 Å². The van der Waals surface area contributed by atoms with Crippen LogP contribution >= 0.6 is 23.2 Å². The number of likely N-dealkylation sites (tertiary alicyclic amines) is 1. The Hall–Kier alpha value is -0.770. The van der Waals surface area contributed by atoms with Crippen LogP contribution in [0.3, 0.4) is 0 Å². The lowest BCUT2D eigenvalue weighted by Crippen LogP contribution is -2.41. The van der Waals surface area contributed by atoms with Gasteiger partial charge in [-0.25, -0.2) is 0 Å². The molecule has 1 aliphatic heterocycles. The largest absolute Gasteiger partial charge is 0.378 e. The highest BCUT2D eigenvalue weighted by atomic mass is 35.5. The lowest BCUT2D eigenvalue weighted by atomic mass is 10.1. The maximum Gasteiger partial charge on any atom is 0.226 e. The molecule has 1 aromatic carbocycles. The molecule has 2 fully saturated rings. The van der Waals surface area contributed by atoms with Crippen LogP contribution in [0.2, 0.25) is 10.0 Å². The number of benzene rings is 1. The predicted molar refractivity (Wildman–Crippen MR) is 88.5 cm³/mol. The van der Waals surface area contributed by atoms with Gasteiger partial charge in [0.05, 0.1) is 6.10 Å². The third kappa shape index (κ3) is 3.42. The summed E-state index contributed by atoms with van der Waals surface area (Å²) in [5.41, 5.74) is 1.05. The first-order valence-electron chi connectivity index (χ1n) is 7.95. The summed E-state index contributed by atoms with van der Waals surface area (Å²) in [6, 6.07) is 5.55. The van der Waals surface area contributed by atoms with Gasteiger partial charge in [-0.3, -0.25) is 4.79 Å². The van der Waals surface area contributed by atoms with E-state index in [0.717, 1.165) is 44.5 Å². The highest BCUT2D eigenvalue weighted by molar-refractivity contribution is 6.35. The SMILES string of the molecule is CCOC1CCN(C(=O)[C@@H]2C[C@@H]2c2ccc(Cl)cc2Cl)CC1. The second-order valence-electron chi connectivity index (χ2n) is 6.09. The molecule has 22 heavy (non-hydrogen) atoms. The molecule has 1 aromatic rings. The van der Waals surface area contributed by atoms with Crippen molar-refractivity contribution in [1.29, 1.82) is 0 Å². The zero-order valence-corrected chi connectivity index (χ0v) is 14.2. The number of hydrogen-bond donors (Lipinski definition) is 0. The summed E-state index contributed by atoms with van der Waals surface area (Å²) >= 11 is 12.2. The van der Waals surface area contributed by atoms with Crippen molar-refractivity contribution in [3.05, 3.63) is 33.8 Å². The number of halogens is 2. The van der Waals surface area contributed by atoms with Gasteiger partial charge in [-0.2, -0.15) is 0 Å². The van der Waals surface area contributed by atoms with Crippen LogP contribution in [0.1, 0.15) is 37.7 Å². The Balaban J connectivity index is 1.57. The molecule has 1 saturated heterocycles. The highest BCUT2D eigenvalue weighted by Crippen LogP contribution is 2.51. The molecular weight excluding hydrogens is 321 g/mol. The lowest BCUT2D eigenvalue weighted by molar-refractivity contribution is -0.135. The molecule has 1 aliphatic carbocycles. The Morgan fingerprint density at radius 3 is 2.68 bits per heavy atom. The van der Waals surface area contributed by atoms with Crippen molar-refractivity contribution in [1.82, 2.24) is 4.90 Å². The van der Waals surface area contributed by atoms with E-state index in [4.69, 9.17) is 27.9 Å². The fraction of sp³-hybridized carbons (Fsp3) is 0.588. The lowest BCUT2D eigenvalue weighted by Gasteiger charge is -2.32. The van der Waals surface area contributed by atoms with E-state index in [0.29, 0.717) is 16.1 Å². The first-order valence-corrected chi connectivity index (χ1v) is 8.71. The van der Waals surface area contributed by atoms with Gasteiger partial charge >= 0.3 is 0 Å². The summed E-state index contributed by atoms with van der Waals surface area (Å²) in [4.78, 5) is 14.6. The minimum Gasteiger partial charge on any atom is -0.378 e. The van der Waals surface area contributed by atoms with Crippen LogP contribution in [0.5, 0.6) is 0 Å².